The zero-order valence-electron chi connectivity index (χ0n) is 10.0. The van der Waals surface area contributed by atoms with Gasteiger partial charge in [0.05, 0.1) is 4.90 Å². The molecule has 106 valence electrons. The van der Waals surface area contributed by atoms with Crippen molar-refractivity contribution < 1.29 is 17.6 Å². The van der Waals surface area contributed by atoms with Crippen LogP contribution in [0.3, 0.4) is 0 Å². The summed E-state index contributed by atoms with van der Waals surface area (Å²) < 4.78 is 36.9. The third-order valence-corrected chi connectivity index (χ3v) is 3.15. The lowest BCUT2D eigenvalue weighted by atomic mass is 10.3. The van der Waals surface area contributed by atoms with Gasteiger partial charge in [0.2, 0.25) is 15.9 Å². The first-order valence-corrected chi connectivity index (χ1v) is 6.85. The summed E-state index contributed by atoms with van der Waals surface area (Å²) in [5, 5.41) is 11.0. The minimum atomic E-state index is -4.05. The molecule has 0 aliphatic carbocycles. The highest BCUT2D eigenvalue weighted by atomic mass is 32.2. The zero-order valence-corrected chi connectivity index (χ0v) is 10.8. The van der Waals surface area contributed by atoms with Crippen LogP contribution in [-0.4, -0.2) is 29.1 Å². The molecule has 0 saturated carbocycles. The maximum absolute atomic E-state index is 13.3. The van der Waals surface area contributed by atoms with E-state index in [4.69, 9.17) is 5.14 Å². The van der Waals surface area contributed by atoms with Crippen LogP contribution in [-0.2, 0) is 21.4 Å². The number of nitrogens with two attached hydrogens (primary N) is 1. The molecule has 20 heavy (non-hydrogen) atoms. The molecule has 1 heterocycles. The van der Waals surface area contributed by atoms with Crippen molar-refractivity contribution in [2.75, 3.05) is 5.32 Å². The monoisotopic (exact) mass is 299 g/mol. The van der Waals surface area contributed by atoms with Gasteiger partial charge in [-0.2, -0.15) is 5.10 Å². The van der Waals surface area contributed by atoms with E-state index in [9.17, 15) is 17.6 Å². The van der Waals surface area contributed by atoms with Gasteiger partial charge in [-0.05, 0) is 18.2 Å². The minimum absolute atomic E-state index is 0.0147. The summed E-state index contributed by atoms with van der Waals surface area (Å²) in [4.78, 5) is 14.9. The molecule has 8 nitrogen and oxygen atoms in total. The van der Waals surface area contributed by atoms with Gasteiger partial charge in [-0.15, -0.1) is 0 Å². The number of rotatable bonds is 4. The average molecular weight is 299 g/mol. The first kappa shape index (κ1) is 14.1. The van der Waals surface area contributed by atoms with E-state index < -0.39 is 26.6 Å². The molecule has 0 atom stereocenters. The van der Waals surface area contributed by atoms with Gasteiger partial charge in [0.1, 0.15) is 25.0 Å². The third kappa shape index (κ3) is 3.59. The van der Waals surface area contributed by atoms with Crippen molar-refractivity contribution >= 4 is 21.6 Å². The van der Waals surface area contributed by atoms with E-state index in [1.54, 1.807) is 0 Å². The number of primary sulfonamides is 1. The summed E-state index contributed by atoms with van der Waals surface area (Å²) in [6, 6.07) is 2.81. The summed E-state index contributed by atoms with van der Waals surface area (Å²) in [6.45, 7) is -0.138. The van der Waals surface area contributed by atoms with E-state index in [2.05, 4.69) is 15.4 Å². The highest BCUT2D eigenvalue weighted by molar-refractivity contribution is 7.89. The molecule has 10 heteroatoms. The Morgan fingerprint density at radius 3 is 2.75 bits per heavy atom. The number of carbonyl (C=O) groups excluding carboxylic acids is 1. The molecule has 2 aromatic rings. The molecule has 0 unspecified atom stereocenters. The zero-order chi connectivity index (χ0) is 14.8. The third-order valence-electron chi connectivity index (χ3n) is 2.26. The number of halogens is 1. The Hall–Kier alpha value is -2.33. The molecule has 1 aromatic heterocycles. The van der Waals surface area contributed by atoms with E-state index in [0.717, 1.165) is 18.2 Å². The van der Waals surface area contributed by atoms with Gasteiger partial charge >= 0.3 is 0 Å². The molecule has 0 radical (unpaired) electrons. The van der Waals surface area contributed by atoms with Crippen molar-refractivity contribution in [2.45, 2.75) is 11.4 Å². The van der Waals surface area contributed by atoms with Crippen molar-refractivity contribution in [1.29, 1.82) is 0 Å². The van der Waals surface area contributed by atoms with Crippen molar-refractivity contribution in [1.82, 2.24) is 14.8 Å². The van der Waals surface area contributed by atoms with Gasteiger partial charge in [0, 0.05) is 5.69 Å². The van der Waals surface area contributed by atoms with E-state index in [1.807, 2.05) is 0 Å². The molecule has 1 amide bonds. The maximum Gasteiger partial charge on any atom is 0.246 e. The Labute approximate surface area is 113 Å². The molecule has 0 saturated heterocycles. The lowest BCUT2D eigenvalue weighted by Crippen LogP contribution is -2.20. The van der Waals surface area contributed by atoms with Crippen molar-refractivity contribution in [3.8, 4) is 0 Å². The first-order chi connectivity index (χ1) is 9.34. The van der Waals surface area contributed by atoms with Crippen LogP contribution in [0.2, 0.25) is 0 Å². The molecule has 3 N–H and O–H groups in total. The number of aromatic nitrogens is 3. The van der Waals surface area contributed by atoms with E-state index in [-0.39, 0.29) is 12.2 Å². The average Bonchev–Trinajstić information content (AvgIpc) is 2.79. The van der Waals surface area contributed by atoms with Crippen LogP contribution in [0.4, 0.5) is 10.1 Å². The number of nitrogens with zero attached hydrogens (tertiary/aromatic N) is 3. The Morgan fingerprint density at radius 1 is 1.40 bits per heavy atom. The molecule has 0 fully saturated rings. The summed E-state index contributed by atoms with van der Waals surface area (Å²) in [5.41, 5.74) is -0.0147. The molecule has 1 aromatic carbocycles. The highest BCUT2D eigenvalue weighted by Gasteiger charge is 2.12. The van der Waals surface area contributed by atoms with E-state index in [1.165, 1.54) is 17.3 Å². The van der Waals surface area contributed by atoms with Crippen LogP contribution in [0.25, 0.3) is 0 Å². The second-order valence-electron chi connectivity index (χ2n) is 3.86. The summed E-state index contributed by atoms with van der Waals surface area (Å²) >= 11 is 0. The number of carbonyl (C=O) groups is 1. The van der Waals surface area contributed by atoms with Gasteiger partial charge in [-0.3, -0.25) is 4.79 Å². The molecule has 0 bridgehead atoms. The normalized spacial score (nSPS) is 11.3. The summed E-state index contributed by atoms with van der Waals surface area (Å²) in [7, 11) is -4.05. The molecular weight excluding hydrogens is 289 g/mol. The van der Waals surface area contributed by atoms with Crippen LogP contribution in [0, 0.1) is 5.82 Å². The largest absolute Gasteiger partial charge is 0.324 e. The predicted octanol–water partition coefficient (Wildman–Crippen LogP) is -0.297. The van der Waals surface area contributed by atoms with Crippen molar-refractivity contribution in [2.24, 2.45) is 5.14 Å². The lowest BCUT2D eigenvalue weighted by Gasteiger charge is -2.07. The van der Waals surface area contributed by atoms with Crippen LogP contribution in [0.5, 0.6) is 0 Å². The number of benzene rings is 1. The van der Waals surface area contributed by atoms with Crippen LogP contribution >= 0.6 is 0 Å². The topological polar surface area (TPSA) is 120 Å². The van der Waals surface area contributed by atoms with Crippen LogP contribution in [0.15, 0.2) is 35.7 Å². The highest BCUT2D eigenvalue weighted by Crippen LogP contribution is 2.17. The number of amides is 1. The Morgan fingerprint density at radius 2 is 2.15 bits per heavy atom. The molecule has 0 spiro atoms. The number of hydrogen-bond acceptors (Lipinski definition) is 5. The Balaban J connectivity index is 2.17. The first-order valence-electron chi connectivity index (χ1n) is 5.30. The predicted molar refractivity (Wildman–Crippen MR) is 66.4 cm³/mol. The fourth-order valence-corrected chi connectivity index (χ4v) is 2.03. The number of hydrogen-bond donors (Lipinski definition) is 2. The van der Waals surface area contributed by atoms with Crippen molar-refractivity contribution in [3.05, 3.63) is 36.7 Å². The SMILES string of the molecule is NS(=O)(=O)c1cc(F)cc(NC(=O)Cn2cncn2)c1. The number of anilines is 1. The van der Waals surface area contributed by atoms with Crippen LogP contribution in [0.1, 0.15) is 0 Å². The summed E-state index contributed by atoms with van der Waals surface area (Å²) in [5.74, 6) is -1.34. The number of nitrogens with one attached hydrogen (secondary N) is 1. The molecule has 2 rings (SSSR count). The fourth-order valence-electron chi connectivity index (χ4n) is 1.46. The lowest BCUT2D eigenvalue weighted by molar-refractivity contribution is -0.116. The van der Waals surface area contributed by atoms with Gasteiger partial charge in [-0.1, -0.05) is 0 Å². The van der Waals surface area contributed by atoms with E-state index in [0.29, 0.717) is 0 Å². The molecular formula is C10H10FN5O3S. The maximum atomic E-state index is 13.3. The minimum Gasteiger partial charge on any atom is -0.324 e. The van der Waals surface area contributed by atoms with E-state index >= 15 is 0 Å². The Bertz CT molecular complexity index is 729. The second kappa shape index (κ2) is 5.35. The Kier molecular flexibility index (Phi) is 3.77. The fraction of sp³-hybridized carbons (Fsp3) is 0.100. The smallest absolute Gasteiger partial charge is 0.246 e. The summed E-state index contributed by atoms with van der Waals surface area (Å²) in [6.07, 6.45) is 2.59. The van der Waals surface area contributed by atoms with Gasteiger partial charge in [0.15, 0.2) is 0 Å². The van der Waals surface area contributed by atoms with Gasteiger partial charge in [0.25, 0.3) is 0 Å². The molecule has 0 aliphatic rings. The van der Waals surface area contributed by atoms with Crippen molar-refractivity contribution in [3.63, 3.8) is 0 Å². The second-order valence-corrected chi connectivity index (χ2v) is 5.42. The quantitative estimate of drug-likeness (QED) is 0.803. The number of sulfonamides is 1. The van der Waals surface area contributed by atoms with Gasteiger partial charge < -0.3 is 5.32 Å². The molecule has 0 aliphatic heterocycles. The van der Waals surface area contributed by atoms with Crippen LogP contribution < -0.4 is 10.5 Å². The standard InChI is InChI=1S/C10H10FN5O3S/c11-7-1-8(3-9(2-7)20(12,18)19)15-10(17)4-16-6-13-5-14-16/h1-3,5-6H,4H2,(H,15,17)(H2,12,18,19). The van der Waals surface area contributed by atoms with Gasteiger partial charge in [-0.25, -0.2) is 27.6 Å².